The number of amides is 1. The Kier molecular flexibility index (Phi) is 7.81. The summed E-state index contributed by atoms with van der Waals surface area (Å²) in [5, 5.41) is 3.26. The highest BCUT2D eigenvalue weighted by atomic mass is 32.2. The van der Waals surface area contributed by atoms with Gasteiger partial charge in [0.25, 0.3) is 0 Å². The molecule has 3 aliphatic rings. The smallest absolute Gasteiger partial charge is 0.243 e. The number of fused-ring (bicyclic) bond motifs is 3. The minimum Gasteiger partial charge on any atom is -0.367 e. The minimum atomic E-state index is -3.76. The first-order valence-electron chi connectivity index (χ1n) is 15.8. The monoisotopic (exact) mass is 608 g/mol. The van der Waals surface area contributed by atoms with E-state index >= 15 is 0 Å². The van der Waals surface area contributed by atoms with Gasteiger partial charge in [-0.3, -0.25) is 4.79 Å². The van der Waals surface area contributed by atoms with Crippen molar-refractivity contribution in [3.63, 3.8) is 0 Å². The second-order valence-corrected chi connectivity index (χ2v) is 14.4. The lowest BCUT2D eigenvalue weighted by Crippen LogP contribution is -2.45. The summed E-state index contributed by atoms with van der Waals surface area (Å²) in [6, 6.07) is 25.9. The molecule has 228 valence electrons. The molecule has 4 aromatic rings. The van der Waals surface area contributed by atoms with E-state index in [0.29, 0.717) is 13.1 Å². The number of aryl methyl sites for hydroxylation is 3. The number of rotatable bonds is 7. The molecular formula is C36H40N4O3S. The first-order chi connectivity index (χ1) is 21.3. The summed E-state index contributed by atoms with van der Waals surface area (Å²) in [6.45, 7) is 4.83. The van der Waals surface area contributed by atoms with Gasteiger partial charge in [0, 0.05) is 56.2 Å². The Morgan fingerprint density at radius 3 is 2.59 bits per heavy atom. The third-order valence-corrected chi connectivity index (χ3v) is 11.5. The molecule has 7 nitrogen and oxygen atoms in total. The number of benzene rings is 3. The Labute approximate surface area is 260 Å². The molecule has 0 spiro atoms. The molecule has 0 bridgehead atoms. The highest BCUT2D eigenvalue weighted by molar-refractivity contribution is 7.89. The van der Waals surface area contributed by atoms with Crippen LogP contribution in [0.4, 0.5) is 5.69 Å². The summed E-state index contributed by atoms with van der Waals surface area (Å²) < 4.78 is 31.1. The van der Waals surface area contributed by atoms with Crippen molar-refractivity contribution in [3.05, 3.63) is 119 Å². The van der Waals surface area contributed by atoms with E-state index in [0.717, 1.165) is 50.0 Å². The maximum atomic E-state index is 13.7. The van der Waals surface area contributed by atoms with Gasteiger partial charge in [-0.2, -0.15) is 4.31 Å². The van der Waals surface area contributed by atoms with Crippen LogP contribution in [-0.4, -0.2) is 42.3 Å². The van der Waals surface area contributed by atoms with Gasteiger partial charge in [-0.05, 0) is 91.6 Å². The van der Waals surface area contributed by atoms with Gasteiger partial charge in [0.1, 0.15) is 0 Å². The van der Waals surface area contributed by atoms with Gasteiger partial charge < -0.3 is 14.8 Å². The van der Waals surface area contributed by atoms with Crippen molar-refractivity contribution in [1.29, 1.82) is 0 Å². The van der Waals surface area contributed by atoms with Crippen LogP contribution in [-0.2, 0) is 47.2 Å². The van der Waals surface area contributed by atoms with Crippen molar-refractivity contribution in [3.8, 4) is 0 Å². The number of para-hydroxylation sites is 1. The molecule has 3 heterocycles. The highest BCUT2D eigenvalue weighted by Gasteiger charge is 2.38. The number of anilines is 1. The Hall–Kier alpha value is -3.88. The SMILES string of the molecule is Cc1ccc(S(=O)(=O)N2CCn3cccc3C2CC(=O)NC2CCc3cc(CN4CCCc5ccccc54)ccc3C2)cc1. The molecular weight excluding hydrogens is 568 g/mol. The molecule has 8 heteroatoms. The Morgan fingerprint density at radius 2 is 1.73 bits per heavy atom. The molecule has 1 N–H and O–H groups in total. The molecule has 2 atom stereocenters. The van der Waals surface area contributed by atoms with Crippen molar-refractivity contribution in [2.75, 3.05) is 18.0 Å². The van der Waals surface area contributed by atoms with Crippen LogP contribution in [0.15, 0.2) is 90.0 Å². The fourth-order valence-corrected chi connectivity index (χ4v) is 8.86. The van der Waals surface area contributed by atoms with Crippen LogP contribution in [0.2, 0.25) is 0 Å². The van der Waals surface area contributed by atoms with E-state index in [1.165, 1.54) is 38.7 Å². The van der Waals surface area contributed by atoms with E-state index in [9.17, 15) is 13.2 Å². The molecule has 0 saturated heterocycles. The standard InChI is InChI=1S/C36H40N4O3S/c1-26-10-16-32(17-11-26)44(42,43)40-21-20-38-18-5-9-34(38)35(40)24-36(41)37-31-15-14-29-22-27(12-13-30(29)23-31)25-39-19-4-7-28-6-2-3-8-33(28)39/h2-3,5-6,8-13,16-18,22,31,35H,4,7,14-15,19-21,23-25H2,1H3,(H,37,41). The van der Waals surface area contributed by atoms with E-state index < -0.39 is 16.1 Å². The van der Waals surface area contributed by atoms with E-state index in [1.54, 1.807) is 12.1 Å². The summed E-state index contributed by atoms with van der Waals surface area (Å²) in [4.78, 5) is 16.3. The average Bonchev–Trinajstić information content (AvgIpc) is 3.51. The second kappa shape index (κ2) is 11.9. The molecule has 3 aromatic carbocycles. The Morgan fingerprint density at radius 1 is 0.886 bits per heavy atom. The van der Waals surface area contributed by atoms with Crippen molar-refractivity contribution < 1.29 is 13.2 Å². The lowest BCUT2D eigenvalue weighted by atomic mass is 9.87. The summed E-state index contributed by atoms with van der Waals surface area (Å²) in [6.07, 6.45) is 6.98. The van der Waals surface area contributed by atoms with Gasteiger partial charge in [0.2, 0.25) is 15.9 Å². The third kappa shape index (κ3) is 5.69. The number of hydrogen-bond donors (Lipinski definition) is 1. The molecule has 0 radical (unpaired) electrons. The quantitative estimate of drug-likeness (QED) is 0.298. The van der Waals surface area contributed by atoms with Crippen LogP contribution in [0.3, 0.4) is 0 Å². The van der Waals surface area contributed by atoms with E-state index in [-0.39, 0.29) is 23.3 Å². The molecule has 0 saturated carbocycles. The lowest BCUT2D eigenvalue weighted by Gasteiger charge is -2.36. The Balaban J connectivity index is 1.02. The normalized spacial score (nSPS) is 20.0. The molecule has 1 aromatic heterocycles. The molecule has 1 amide bonds. The van der Waals surface area contributed by atoms with Crippen molar-refractivity contribution in [2.24, 2.45) is 0 Å². The number of sulfonamides is 1. The van der Waals surface area contributed by atoms with Gasteiger partial charge in [-0.15, -0.1) is 0 Å². The van der Waals surface area contributed by atoms with Crippen LogP contribution < -0.4 is 10.2 Å². The number of carbonyl (C=O) groups is 1. The Bertz CT molecular complexity index is 1780. The summed E-state index contributed by atoms with van der Waals surface area (Å²) >= 11 is 0. The zero-order valence-corrected chi connectivity index (χ0v) is 26.1. The number of aromatic nitrogens is 1. The molecule has 0 fully saturated rings. The van der Waals surface area contributed by atoms with Crippen molar-refractivity contribution >= 4 is 21.6 Å². The predicted octanol–water partition coefficient (Wildman–Crippen LogP) is 5.56. The minimum absolute atomic E-state index is 0.0346. The topological polar surface area (TPSA) is 74.6 Å². The van der Waals surface area contributed by atoms with Crippen molar-refractivity contribution in [2.45, 2.75) is 75.5 Å². The molecule has 44 heavy (non-hydrogen) atoms. The maximum absolute atomic E-state index is 13.7. The van der Waals surface area contributed by atoms with Gasteiger partial charge in [0.05, 0.1) is 10.9 Å². The summed E-state index contributed by atoms with van der Waals surface area (Å²) in [7, 11) is -3.76. The zero-order chi connectivity index (χ0) is 30.3. The van der Waals surface area contributed by atoms with Gasteiger partial charge in [0.15, 0.2) is 0 Å². The fraction of sp³-hybridized carbons (Fsp3) is 0.361. The largest absolute Gasteiger partial charge is 0.367 e. The lowest BCUT2D eigenvalue weighted by molar-refractivity contribution is -0.123. The maximum Gasteiger partial charge on any atom is 0.243 e. The zero-order valence-electron chi connectivity index (χ0n) is 25.3. The van der Waals surface area contributed by atoms with Gasteiger partial charge >= 0.3 is 0 Å². The second-order valence-electron chi connectivity index (χ2n) is 12.5. The average molecular weight is 609 g/mol. The summed E-state index contributed by atoms with van der Waals surface area (Å²) in [5.74, 6) is -0.109. The molecule has 1 aliphatic carbocycles. The van der Waals surface area contributed by atoms with Crippen LogP contribution >= 0.6 is 0 Å². The van der Waals surface area contributed by atoms with Crippen LogP contribution in [0.25, 0.3) is 0 Å². The molecule has 7 rings (SSSR count). The first-order valence-corrected chi connectivity index (χ1v) is 17.3. The third-order valence-electron chi connectivity index (χ3n) is 9.57. The van der Waals surface area contributed by atoms with Gasteiger partial charge in [-0.25, -0.2) is 8.42 Å². The van der Waals surface area contributed by atoms with Crippen molar-refractivity contribution in [1.82, 2.24) is 14.2 Å². The number of hydrogen-bond acceptors (Lipinski definition) is 4. The van der Waals surface area contributed by atoms with Crippen LogP contribution in [0.5, 0.6) is 0 Å². The molecule has 2 aliphatic heterocycles. The highest BCUT2D eigenvalue weighted by Crippen LogP contribution is 2.35. The van der Waals surface area contributed by atoms with E-state index in [4.69, 9.17) is 0 Å². The summed E-state index contributed by atoms with van der Waals surface area (Å²) in [5.41, 5.74) is 8.66. The number of nitrogens with zero attached hydrogens (tertiary/aromatic N) is 3. The van der Waals surface area contributed by atoms with Crippen LogP contribution in [0.1, 0.15) is 58.8 Å². The fourth-order valence-electron chi connectivity index (χ4n) is 7.27. The van der Waals surface area contributed by atoms with E-state index in [2.05, 4.69) is 57.2 Å². The van der Waals surface area contributed by atoms with Gasteiger partial charge in [-0.1, -0.05) is 54.1 Å². The molecule has 2 unspecified atom stereocenters. The van der Waals surface area contributed by atoms with E-state index in [1.807, 2.05) is 37.4 Å². The first kappa shape index (κ1) is 28.9. The number of nitrogens with one attached hydrogen (secondary N) is 1. The number of carbonyl (C=O) groups excluding carboxylic acids is 1. The van der Waals surface area contributed by atoms with Crippen LogP contribution in [0, 0.1) is 6.92 Å². The predicted molar refractivity (Wildman–Crippen MR) is 173 cm³/mol.